The number of aryl methyl sites for hydroxylation is 1. The molecule has 1 aliphatic carbocycles. The van der Waals surface area contributed by atoms with E-state index in [1.54, 1.807) is 13.8 Å². The summed E-state index contributed by atoms with van der Waals surface area (Å²) in [5, 5.41) is 2.87. The summed E-state index contributed by atoms with van der Waals surface area (Å²) in [6, 6.07) is 4.86. The minimum absolute atomic E-state index is 0.0603. The van der Waals surface area contributed by atoms with Gasteiger partial charge in [0, 0.05) is 17.0 Å². The number of esters is 1. The average Bonchev–Trinajstić information content (AvgIpc) is 3.41. The molecule has 0 unspecified atom stereocenters. The van der Waals surface area contributed by atoms with E-state index < -0.39 is 29.4 Å². The van der Waals surface area contributed by atoms with Gasteiger partial charge in [0.25, 0.3) is 0 Å². The van der Waals surface area contributed by atoms with Gasteiger partial charge in [0.05, 0.1) is 11.3 Å². The summed E-state index contributed by atoms with van der Waals surface area (Å²) in [6.07, 6.45) is -2.49. The largest absolute Gasteiger partial charge is 0.447 e. The molecule has 2 aromatic rings. The second kappa shape index (κ2) is 8.23. The van der Waals surface area contributed by atoms with Crippen LogP contribution < -0.4 is 5.32 Å². The van der Waals surface area contributed by atoms with Gasteiger partial charge in [-0.1, -0.05) is 12.1 Å². The van der Waals surface area contributed by atoms with Gasteiger partial charge >= 0.3 is 18.2 Å². The summed E-state index contributed by atoms with van der Waals surface area (Å²) in [5.41, 5.74) is -1.19. The second-order valence-corrected chi connectivity index (χ2v) is 8.92. The van der Waals surface area contributed by atoms with Crippen molar-refractivity contribution in [1.29, 1.82) is 0 Å². The number of alkyl carbamates (subject to hydrolysis) is 1. The van der Waals surface area contributed by atoms with Crippen LogP contribution in [0.15, 0.2) is 30.0 Å². The molecule has 32 heavy (non-hydrogen) atoms. The van der Waals surface area contributed by atoms with Crippen LogP contribution in [0.3, 0.4) is 0 Å². The summed E-state index contributed by atoms with van der Waals surface area (Å²) >= 11 is 1.16. The van der Waals surface area contributed by atoms with Crippen molar-refractivity contribution in [3.63, 3.8) is 0 Å². The third kappa shape index (κ3) is 3.99. The Bertz CT molecular complexity index is 1100. The number of nitrogens with one attached hydrogen (secondary N) is 1. The van der Waals surface area contributed by atoms with Crippen LogP contribution in [-0.4, -0.2) is 29.2 Å². The van der Waals surface area contributed by atoms with Crippen molar-refractivity contribution in [2.75, 3.05) is 6.54 Å². The quantitative estimate of drug-likeness (QED) is 0.605. The van der Waals surface area contributed by atoms with Crippen molar-refractivity contribution in [1.82, 2.24) is 10.3 Å². The summed E-state index contributed by atoms with van der Waals surface area (Å²) in [6.45, 7) is 3.80. The summed E-state index contributed by atoms with van der Waals surface area (Å²) in [4.78, 5) is 30.2. The van der Waals surface area contributed by atoms with E-state index in [2.05, 4.69) is 10.3 Å². The molecule has 6 nitrogen and oxygen atoms in total. The maximum atomic E-state index is 13.1. The summed E-state index contributed by atoms with van der Waals surface area (Å²) in [7, 11) is 0. The van der Waals surface area contributed by atoms with Gasteiger partial charge in [0.2, 0.25) is 0 Å². The van der Waals surface area contributed by atoms with Crippen molar-refractivity contribution < 1.29 is 32.2 Å². The smallest absolute Gasteiger partial charge is 0.416 e. The van der Waals surface area contributed by atoms with Crippen molar-refractivity contribution in [2.24, 2.45) is 0 Å². The second-order valence-electron chi connectivity index (χ2n) is 7.72. The molecular weight excluding hydrogens is 445 g/mol. The first-order chi connectivity index (χ1) is 15.1. The maximum absolute atomic E-state index is 13.1. The maximum Gasteiger partial charge on any atom is 0.416 e. The zero-order chi connectivity index (χ0) is 23.1. The van der Waals surface area contributed by atoms with Crippen LogP contribution in [0.4, 0.5) is 18.0 Å². The number of thiazole rings is 1. The number of aromatic nitrogens is 1. The van der Waals surface area contributed by atoms with Crippen molar-refractivity contribution in [2.45, 2.75) is 51.3 Å². The molecule has 2 aliphatic rings. The molecule has 1 N–H and O–H groups in total. The van der Waals surface area contributed by atoms with Crippen LogP contribution in [0.25, 0.3) is 16.1 Å². The molecule has 10 heteroatoms. The number of carbonyl (C=O) groups excluding carboxylic acids is 2. The molecule has 1 saturated carbocycles. The number of rotatable bonds is 4. The van der Waals surface area contributed by atoms with Crippen LogP contribution in [0, 0.1) is 6.92 Å². The molecule has 1 amide bonds. The lowest BCUT2D eigenvalue weighted by Gasteiger charge is -2.24. The minimum atomic E-state index is -4.48. The number of nitrogens with zero attached hydrogens (tertiary/aromatic N) is 1. The standard InChI is InChI=1S/C22H21F3N2O4S/c1-3-26-20(29)30-17-15(19(28)31-21(17)9-4-5-10-21)16-12(2)32-18(27-16)13-7-6-8-14(11-13)22(23,24)25/h6-8,11H,3-5,9-10H2,1-2H3,(H,26,29). The van der Waals surface area contributed by atoms with Crippen molar-refractivity contribution in [3.8, 4) is 10.6 Å². The van der Waals surface area contributed by atoms with Gasteiger partial charge in [-0.25, -0.2) is 14.6 Å². The lowest BCUT2D eigenvalue weighted by Crippen LogP contribution is -2.33. The monoisotopic (exact) mass is 466 g/mol. The first kappa shape index (κ1) is 22.3. The Balaban J connectivity index is 1.80. The molecule has 0 atom stereocenters. The van der Waals surface area contributed by atoms with Crippen LogP contribution >= 0.6 is 11.3 Å². The molecule has 1 spiro atoms. The molecule has 0 saturated heterocycles. The fourth-order valence-electron chi connectivity index (χ4n) is 4.07. The van der Waals surface area contributed by atoms with Crippen LogP contribution in [0.2, 0.25) is 0 Å². The van der Waals surface area contributed by atoms with E-state index >= 15 is 0 Å². The number of ether oxygens (including phenoxy) is 2. The van der Waals surface area contributed by atoms with Gasteiger partial charge in [-0.2, -0.15) is 13.2 Å². The molecular formula is C22H21F3N2O4S. The Hall–Kier alpha value is -2.88. The van der Waals surface area contributed by atoms with Crippen LogP contribution in [0.1, 0.15) is 48.7 Å². The Labute approximate surface area is 186 Å². The lowest BCUT2D eigenvalue weighted by molar-refractivity contribution is -0.146. The average molecular weight is 466 g/mol. The van der Waals surface area contributed by atoms with Crippen molar-refractivity contribution >= 4 is 29.0 Å². The molecule has 1 aromatic heterocycles. The number of amides is 1. The van der Waals surface area contributed by atoms with E-state index in [4.69, 9.17) is 9.47 Å². The van der Waals surface area contributed by atoms with Crippen LogP contribution in [0.5, 0.6) is 0 Å². The minimum Gasteiger partial charge on any atom is -0.447 e. The van der Waals surface area contributed by atoms with E-state index in [9.17, 15) is 22.8 Å². The van der Waals surface area contributed by atoms with Crippen molar-refractivity contribution in [3.05, 3.63) is 46.2 Å². The Morgan fingerprint density at radius 2 is 2.03 bits per heavy atom. The number of alkyl halides is 3. The number of hydrogen-bond donors (Lipinski definition) is 1. The van der Waals surface area contributed by atoms with E-state index in [0.29, 0.717) is 29.3 Å². The van der Waals surface area contributed by atoms with Gasteiger partial charge < -0.3 is 14.8 Å². The highest BCUT2D eigenvalue weighted by Gasteiger charge is 2.53. The van der Waals surface area contributed by atoms with E-state index in [1.165, 1.54) is 12.1 Å². The number of halogens is 3. The first-order valence-electron chi connectivity index (χ1n) is 10.2. The molecule has 0 bridgehead atoms. The summed E-state index contributed by atoms with van der Waals surface area (Å²) in [5.74, 6) is -0.509. The Kier molecular flexibility index (Phi) is 5.74. The SMILES string of the molecule is CCNC(=O)OC1=C(c2nc(-c3cccc(C(F)(F)F)c3)sc2C)C(=O)OC12CCCC2. The van der Waals surface area contributed by atoms with Gasteiger partial charge in [-0.05, 0) is 51.7 Å². The third-order valence-electron chi connectivity index (χ3n) is 5.53. The molecule has 0 radical (unpaired) electrons. The molecule has 4 rings (SSSR count). The number of carbonyl (C=O) groups is 2. The van der Waals surface area contributed by atoms with Crippen LogP contribution in [-0.2, 0) is 20.4 Å². The zero-order valence-electron chi connectivity index (χ0n) is 17.5. The first-order valence-corrected chi connectivity index (χ1v) is 11.1. The van der Waals surface area contributed by atoms with Gasteiger partial charge in [0.1, 0.15) is 10.6 Å². The van der Waals surface area contributed by atoms with Gasteiger partial charge in [0.15, 0.2) is 11.4 Å². The lowest BCUT2D eigenvalue weighted by atomic mass is 9.97. The highest BCUT2D eigenvalue weighted by molar-refractivity contribution is 7.15. The number of hydrogen-bond acceptors (Lipinski definition) is 6. The van der Waals surface area contributed by atoms with E-state index in [1.807, 2.05) is 0 Å². The van der Waals surface area contributed by atoms with Gasteiger partial charge in [-0.15, -0.1) is 11.3 Å². The zero-order valence-corrected chi connectivity index (χ0v) is 18.3. The van der Waals surface area contributed by atoms with E-state index in [0.717, 1.165) is 36.3 Å². The molecule has 170 valence electrons. The Morgan fingerprint density at radius 1 is 1.31 bits per heavy atom. The summed E-state index contributed by atoms with van der Waals surface area (Å²) < 4.78 is 50.6. The number of benzene rings is 1. The normalized spacial score (nSPS) is 17.7. The molecule has 1 fully saturated rings. The van der Waals surface area contributed by atoms with Gasteiger partial charge in [-0.3, -0.25) is 0 Å². The molecule has 2 heterocycles. The third-order valence-corrected chi connectivity index (χ3v) is 6.55. The molecule has 1 aromatic carbocycles. The molecule has 1 aliphatic heterocycles. The topological polar surface area (TPSA) is 77.5 Å². The predicted molar refractivity (Wildman–Crippen MR) is 112 cm³/mol. The highest BCUT2D eigenvalue weighted by atomic mass is 32.1. The van der Waals surface area contributed by atoms with E-state index in [-0.39, 0.29) is 22.6 Å². The fourth-order valence-corrected chi connectivity index (χ4v) is 4.99. The Morgan fingerprint density at radius 3 is 2.69 bits per heavy atom. The fraction of sp³-hybridized carbons (Fsp3) is 0.409. The highest BCUT2D eigenvalue weighted by Crippen LogP contribution is 2.49. The predicted octanol–water partition coefficient (Wildman–Crippen LogP) is 5.46.